The highest BCUT2D eigenvalue weighted by atomic mass is 35.5. The number of nitrogens with two attached hydrogens (primary N) is 1. The van der Waals surface area contributed by atoms with Crippen molar-refractivity contribution in [1.82, 2.24) is 4.98 Å². The van der Waals surface area contributed by atoms with Crippen molar-refractivity contribution in [3.63, 3.8) is 0 Å². The number of thiazole rings is 1. The highest BCUT2D eigenvalue weighted by molar-refractivity contribution is 7.91. The van der Waals surface area contributed by atoms with E-state index in [9.17, 15) is 8.42 Å². The van der Waals surface area contributed by atoms with Crippen LogP contribution >= 0.6 is 22.9 Å². The van der Waals surface area contributed by atoms with E-state index < -0.39 is 9.84 Å². The molecule has 0 unspecified atom stereocenters. The van der Waals surface area contributed by atoms with Crippen LogP contribution in [0.3, 0.4) is 0 Å². The molecule has 1 aromatic heterocycles. The number of hydrogen-bond donors (Lipinski definition) is 1. The van der Waals surface area contributed by atoms with Crippen molar-refractivity contribution in [2.75, 3.05) is 5.73 Å². The molecule has 2 N–H and O–H groups in total. The minimum absolute atomic E-state index is 0.0579. The maximum atomic E-state index is 12.5. The lowest BCUT2D eigenvalue weighted by Gasteiger charge is -2.14. The molecular formula is C14H17ClN2O2S2. The molecule has 21 heavy (non-hydrogen) atoms. The second-order valence-electron chi connectivity index (χ2n) is 5.82. The van der Waals surface area contributed by atoms with Gasteiger partial charge in [-0.15, -0.1) is 11.3 Å². The summed E-state index contributed by atoms with van der Waals surface area (Å²) in [7, 11) is -3.56. The van der Waals surface area contributed by atoms with Crippen molar-refractivity contribution in [1.29, 1.82) is 0 Å². The molecule has 0 aliphatic rings. The van der Waals surface area contributed by atoms with E-state index in [1.807, 2.05) is 26.2 Å². The first-order chi connectivity index (χ1) is 9.59. The number of sulfone groups is 1. The monoisotopic (exact) mass is 344 g/mol. The van der Waals surface area contributed by atoms with E-state index >= 15 is 0 Å². The number of nitrogens with zero attached hydrogens (tertiary/aromatic N) is 1. The summed E-state index contributed by atoms with van der Waals surface area (Å²) in [5.74, 6) is -0.168. The molecule has 2 aromatic rings. The third-order valence-corrected chi connectivity index (χ3v) is 5.89. The number of halogens is 1. The first-order valence-corrected chi connectivity index (χ1v) is 9.23. The molecule has 0 aliphatic carbocycles. The molecular weight excluding hydrogens is 328 g/mol. The number of nitrogen functional groups attached to an aromatic ring is 1. The molecule has 0 saturated heterocycles. The fourth-order valence-corrected chi connectivity index (χ4v) is 4.80. The highest BCUT2D eigenvalue weighted by Crippen LogP contribution is 2.29. The average Bonchev–Trinajstić information content (AvgIpc) is 2.79. The first-order valence-electron chi connectivity index (χ1n) is 6.32. The third-order valence-electron chi connectivity index (χ3n) is 2.94. The van der Waals surface area contributed by atoms with Gasteiger partial charge in [0.1, 0.15) is 10.8 Å². The van der Waals surface area contributed by atoms with E-state index in [1.165, 1.54) is 23.5 Å². The van der Waals surface area contributed by atoms with E-state index in [1.54, 1.807) is 6.07 Å². The zero-order valence-corrected chi connectivity index (χ0v) is 14.4. The molecule has 114 valence electrons. The molecule has 2 rings (SSSR count). The summed E-state index contributed by atoms with van der Waals surface area (Å²) < 4.78 is 24.9. The van der Waals surface area contributed by atoms with E-state index in [2.05, 4.69) is 4.98 Å². The van der Waals surface area contributed by atoms with Crippen LogP contribution < -0.4 is 5.73 Å². The van der Waals surface area contributed by atoms with Gasteiger partial charge in [0.25, 0.3) is 0 Å². The molecule has 1 aromatic carbocycles. The fourth-order valence-electron chi connectivity index (χ4n) is 1.74. The van der Waals surface area contributed by atoms with Gasteiger partial charge in [0.15, 0.2) is 9.84 Å². The second kappa shape index (κ2) is 5.59. The average molecular weight is 345 g/mol. The van der Waals surface area contributed by atoms with Crippen LogP contribution in [-0.4, -0.2) is 13.4 Å². The predicted molar refractivity (Wildman–Crippen MR) is 87.6 cm³/mol. The van der Waals surface area contributed by atoms with Crippen LogP contribution in [0.2, 0.25) is 5.02 Å². The van der Waals surface area contributed by atoms with Crippen LogP contribution in [0.1, 0.15) is 31.5 Å². The molecule has 1 heterocycles. The summed E-state index contributed by atoms with van der Waals surface area (Å²) in [5.41, 5.74) is 6.73. The number of benzene rings is 1. The van der Waals surface area contributed by atoms with Crippen molar-refractivity contribution < 1.29 is 8.42 Å². The molecule has 0 bridgehead atoms. The molecule has 0 atom stereocenters. The molecule has 0 saturated carbocycles. The van der Waals surface area contributed by atoms with Crippen LogP contribution in [0, 0.1) is 0 Å². The van der Waals surface area contributed by atoms with Crippen molar-refractivity contribution in [3.05, 3.63) is 39.3 Å². The summed E-state index contributed by atoms with van der Waals surface area (Å²) in [6, 6.07) is 4.44. The molecule has 0 fully saturated rings. The number of rotatable bonds is 3. The normalized spacial score (nSPS) is 12.6. The van der Waals surface area contributed by atoms with Crippen molar-refractivity contribution >= 4 is 38.5 Å². The highest BCUT2D eigenvalue weighted by Gasteiger charge is 2.23. The third kappa shape index (κ3) is 3.75. The summed E-state index contributed by atoms with van der Waals surface area (Å²) in [4.78, 5) is 4.47. The fraction of sp³-hybridized carbons (Fsp3) is 0.357. The lowest BCUT2D eigenvalue weighted by Crippen LogP contribution is -2.12. The van der Waals surface area contributed by atoms with E-state index in [0.29, 0.717) is 10.0 Å². The quantitative estimate of drug-likeness (QED) is 0.862. The summed E-state index contributed by atoms with van der Waals surface area (Å²) in [6.07, 6.45) is 0. The smallest absolute Gasteiger partial charge is 0.186 e. The Kier molecular flexibility index (Phi) is 4.33. The van der Waals surface area contributed by atoms with Crippen LogP contribution in [0.5, 0.6) is 0 Å². The van der Waals surface area contributed by atoms with Gasteiger partial charge in [-0.05, 0) is 18.2 Å². The molecule has 0 aliphatic heterocycles. The Labute approximate surface area is 133 Å². The minimum Gasteiger partial charge on any atom is -0.398 e. The Morgan fingerprint density at radius 1 is 1.33 bits per heavy atom. The Morgan fingerprint density at radius 3 is 2.57 bits per heavy atom. The topological polar surface area (TPSA) is 73.0 Å². The van der Waals surface area contributed by atoms with Gasteiger partial charge in [-0.3, -0.25) is 0 Å². The lowest BCUT2D eigenvalue weighted by atomic mass is 9.93. The maximum Gasteiger partial charge on any atom is 0.186 e. The first kappa shape index (κ1) is 16.3. The molecule has 0 spiro atoms. The van der Waals surface area contributed by atoms with Crippen LogP contribution in [-0.2, 0) is 21.0 Å². The van der Waals surface area contributed by atoms with Crippen molar-refractivity contribution in [3.8, 4) is 0 Å². The van der Waals surface area contributed by atoms with E-state index in [-0.39, 0.29) is 21.8 Å². The second-order valence-corrected chi connectivity index (χ2v) is 9.15. The standard InChI is InChI=1S/C14H17ClN2O2S2/c1-14(2,3)12-7-20-13(17-12)8-21(18,19)11-6-9(15)4-5-10(11)16/h4-7H,8,16H2,1-3H3. The number of hydrogen-bond acceptors (Lipinski definition) is 5. The van der Waals surface area contributed by atoms with Gasteiger partial charge in [-0.2, -0.15) is 0 Å². The zero-order valence-electron chi connectivity index (χ0n) is 12.1. The summed E-state index contributed by atoms with van der Waals surface area (Å²) in [5, 5.41) is 2.79. The van der Waals surface area contributed by atoms with Crippen LogP contribution in [0.4, 0.5) is 5.69 Å². The Balaban J connectivity index is 2.34. The maximum absolute atomic E-state index is 12.5. The van der Waals surface area contributed by atoms with E-state index in [4.69, 9.17) is 17.3 Å². The molecule has 4 nitrogen and oxygen atoms in total. The molecule has 7 heteroatoms. The van der Waals surface area contributed by atoms with E-state index in [0.717, 1.165) is 5.69 Å². The van der Waals surface area contributed by atoms with Gasteiger partial charge < -0.3 is 5.73 Å². The molecule has 0 amide bonds. The Bertz CT molecular complexity index is 762. The Hall–Kier alpha value is -1.11. The summed E-state index contributed by atoms with van der Waals surface area (Å²) in [6.45, 7) is 6.11. The van der Waals surface area contributed by atoms with Crippen LogP contribution in [0.25, 0.3) is 0 Å². The van der Waals surface area contributed by atoms with Gasteiger partial charge in [0.05, 0.1) is 16.3 Å². The SMILES string of the molecule is CC(C)(C)c1csc(CS(=O)(=O)c2cc(Cl)ccc2N)n1. The minimum atomic E-state index is -3.56. The number of aromatic nitrogens is 1. The van der Waals surface area contributed by atoms with Crippen molar-refractivity contribution in [2.45, 2.75) is 36.8 Å². The van der Waals surface area contributed by atoms with Crippen LogP contribution in [0.15, 0.2) is 28.5 Å². The lowest BCUT2D eigenvalue weighted by molar-refractivity contribution is 0.570. The molecule has 0 radical (unpaired) electrons. The van der Waals surface area contributed by atoms with Gasteiger partial charge in [-0.1, -0.05) is 32.4 Å². The van der Waals surface area contributed by atoms with Gasteiger partial charge in [0, 0.05) is 15.8 Å². The predicted octanol–water partition coefficient (Wildman–Crippen LogP) is 3.65. The number of anilines is 1. The Morgan fingerprint density at radius 2 is 2.00 bits per heavy atom. The van der Waals surface area contributed by atoms with Gasteiger partial charge >= 0.3 is 0 Å². The van der Waals surface area contributed by atoms with Gasteiger partial charge in [0.2, 0.25) is 0 Å². The van der Waals surface area contributed by atoms with Crippen molar-refractivity contribution in [2.24, 2.45) is 0 Å². The largest absolute Gasteiger partial charge is 0.398 e. The van der Waals surface area contributed by atoms with Gasteiger partial charge in [-0.25, -0.2) is 13.4 Å². The zero-order chi connectivity index (χ0) is 15.8. The summed E-state index contributed by atoms with van der Waals surface area (Å²) >= 11 is 7.20.